The van der Waals surface area contributed by atoms with E-state index >= 15 is 0 Å². The maximum atomic E-state index is 11.7. The van der Waals surface area contributed by atoms with Crippen molar-refractivity contribution in [3.05, 3.63) is 58.7 Å². The molecule has 0 radical (unpaired) electrons. The van der Waals surface area contributed by atoms with Gasteiger partial charge in [-0.1, -0.05) is 42.0 Å². The second-order valence-corrected chi connectivity index (χ2v) is 5.17. The zero-order chi connectivity index (χ0) is 11.6. The van der Waals surface area contributed by atoms with Crippen molar-refractivity contribution in [3.63, 3.8) is 0 Å². The van der Waals surface area contributed by atoms with E-state index in [1.165, 1.54) is 11.1 Å². The summed E-state index contributed by atoms with van der Waals surface area (Å²) in [5.41, 5.74) is 3.76. The van der Waals surface area contributed by atoms with Gasteiger partial charge < -0.3 is 5.11 Å². The van der Waals surface area contributed by atoms with Crippen molar-refractivity contribution in [1.29, 1.82) is 0 Å². The van der Waals surface area contributed by atoms with Crippen LogP contribution in [0.15, 0.2) is 58.7 Å². The van der Waals surface area contributed by atoms with Crippen LogP contribution in [0.1, 0.15) is 12.8 Å². The zero-order valence-corrected chi connectivity index (χ0v) is 9.31. The van der Waals surface area contributed by atoms with Crippen molar-refractivity contribution in [3.8, 4) is 0 Å². The minimum absolute atomic E-state index is 0.394. The summed E-state index contributed by atoms with van der Waals surface area (Å²) in [4.78, 5) is 11.7. The highest BCUT2D eigenvalue weighted by Gasteiger charge is 2.52. The summed E-state index contributed by atoms with van der Waals surface area (Å²) in [5, 5.41) is 9.61. The number of aliphatic carboxylic acids is 1. The van der Waals surface area contributed by atoms with E-state index in [1.807, 2.05) is 24.3 Å². The van der Waals surface area contributed by atoms with Crippen molar-refractivity contribution in [2.24, 2.45) is 11.3 Å². The molecule has 1 fully saturated rings. The lowest BCUT2D eigenvalue weighted by Crippen LogP contribution is -2.31. The Bertz CT molecular complexity index is 598. The largest absolute Gasteiger partial charge is 0.480 e. The van der Waals surface area contributed by atoms with E-state index in [1.54, 1.807) is 0 Å². The Morgan fingerprint density at radius 1 is 1.35 bits per heavy atom. The lowest BCUT2D eigenvalue weighted by molar-refractivity contribution is -0.142. The molecule has 0 aromatic carbocycles. The zero-order valence-electron chi connectivity index (χ0n) is 9.31. The van der Waals surface area contributed by atoms with Crippen LogP contribution in [0.5, 0.6) is 0 Å². The van der Waals surface area contributed by atoms with E-state index < -0.39 is 11.4 Å². The first-order valence-corrected chi connectivity index (χ1v) is 5.99. The summed E-state index contributed by atoms with van der Waals surface area (Å²) < 4.78 is 0. The molecule has 1 N–H and O–H groups in total. The first-order valence-electron chi connectivity index (χ1n) is 5.99. The average Bonchev–Trinajstić information content (AvgIpc) is 2.77. The molecule has 0 bridgehead atoms. The Labute approximate surface area is 99.3 Å². The van der Waals surface area contributed by atoms with Gasteiger partial charge in [-0.25, -0.2) is 0 Å². The Balaban J connectivity index is 1.97. The van der Waals surface area contributed by atoms with Crippen LogP contribution in [0, 0.1) is 11.3 Å². The molecule has 84 valence electrons. The number of allylic oxidation sites excluding steroid dienone is 7. The van der Waals surface area contributed by atoms with Crippen LogP contribution < -0.4 is 0 Å². The summed E-state index contributed by atoms with van der Waals surface area (Å²) in [6.45, 7) is 0. The Morgan fingerprint density at radius 3 is 2.94 bits per heavy atom. The highest BCUT2D eigenvalue weighted by atomic mass is 16.4. The van der Waals surface area contributed by atoms with Gasteiger partial charge in [-0.2, -0.15) is 0 Å². The molecule has 4 aliphatic rings. The molecule has 0 aromatic rings. The van der Waals surface area contributed by atoms with E-state index in [0.717, 1.165) is 24.0 Å². The summed E-state index contributed by atoms with van der Waals surface area (Å²) in [5.74, 6) is -0.345. The number of carboxylic acid groups (broad SMARTS) is 1. The molecule has 2 heteroatoms. The summed E-state index contributed by atoms with van der Waals surface area (Å²) in [6.07, 6.45) is 14.2. The van der Waals surface area contributed by atoms with E-state index in [-0.39, 0.29) is 0 Å². The topological polar surface area (TPSA) is 37.3 Å². The molecule has 0 saturated heterocycles. The van der Waals surface area contributed by atoms with Crippen LogP contribution in [0.25, 0.3) is 0 Å². The molecule has 4 rings (SSSR count). The van der Waals surface area contributed by atoms with Gasteiger partial charge >= 0.3 is 5.97 Å². The third kappa shape index (κ3) is 0.943. The van der Waals surface area contributed by atoms with E-state index in [4.69, 9.17) is 0 Å². The van der Waals surface area contributed by atoms with Crippen LogP contribution in [0.4, 0.5) is 0 Å². The van der Waals surface area contributed by atoms with Crippen LogP contribution in [0.3, 0.4) is 0 Å². The molecule has 0 aromatic heterocycles. The molecular weight excluding hydrogens is 212 g/mol. The monoisotopic (exact) mass is 224 g/mol. The SMILES string of the molecule is O=C(O)C12C=C3C=CC=C3C=C1C1CCC1=C2. The van der Waals surface area contributed by atoms with Gasteiger partial charge in [0.1, 0.15) is 5.41 Å². The van der Waals surface area contributed by atoms with Gasteiger partial charge in [0.2, 0.25) is 0 Å². The van der Waals surface area contributed by atoms with E-state index in [0.29, 0.717) is 5.92 Å². The molecule has 2 nitrogen and oxygen atoms in total. The molecule has 0 spiro atoms. The van der Waals surface area contributed by atoms with Crippen molar-refractivity contribution >= 4 is 5.97 Å². The second-order valence-electron chi connectivity index (χ2n) is 5.17. The Kier molecular flexibility index (Phi) is 1.47. The van der Waals surface area contributed by atoms with Gasteiger partial charge in [0.05, 0.1) is 0 Å². The van der Waals surface area contributed by atoms with Gasteiger partial charge in [0.25, 0.3) is 0 Å². The molecule has 0 aliphatic heterocycles. The summed E-state index contributed by atoms with van der Waals surface area (Å²) in [6, 6.07) is 0. The Morgan fingerprint density at radius 2 is 2.24 bits per heavy atom. The number of hydrogen-bond donors (Lipinski definition) is 1. The fourth-order valence-corrected chi connectivity index (χ4v) is 3.36. The normalized spacial score (nSPS) is 35.9. The number of carboxylic acids is 1. The minimum Gasteiger partial charge on any atom is -0.480 e. The first kappa shape index (κ1) is 9.23. The highest BCUT2D eigenvalue weighted by Crippen LogP contribution is 2.57. The summed E-state index contributed by atoms with van der Waals surface area (Å²) >= 11 is 0. The minimum atomic E-state index is -0.849. The smallest absolute Gasteiger partial charge is 0.321 e. The molecule has 17 heavy (non-hydrogen) atoms. The fourth-order valence-electron chi connectivity index (χ4n) is 3.36. The number of hydrogen-bond acceptors (Lipinski definition) is 1. The first-order chi connectivity index (χ1) is 8.21. The maximum Gasteiger partial charge on any atom is 0.321 e. The van der Waals surface area contributed by atoms with Crippen LogP contribution in [-0.2, 0) is 4.79 Å². The van der Waals surface area contributed by atoms with Crippen LogP contribution in [0.2, 0.25) is 0 Å². The molecule has 0 amide bonds. The lowest BCUT2D eigenvalue weighted by atomic mass is 9.70. The number of fused-ring (bicyclic) bond motifs is 4. The molecular formula is C15H12O2. The summed E-state index contributed by atoms with van der Waals surface area (Å²) in [7, 11) is 0. The van der Waals surface area contributed by atoms with Crippen LogP contribution in [-0.4, -0.2) is 11.1 Å². The van der Waals surface area contributed by atoms with Crippen molar-refractivity contribution in [2.45, 2.75) is 12.8 Å². The lowest BCUT2D eigenvalue weighted by Gasteiger charge is -2.32. The molecule has 4 aliphatic carbocycles. The van der Waals surface area contributed by atoms with Gasteiger partial charge in [-0.05, 0) is 29.6 Å². The molecule has 2 atom stereocenters. The predicted molar refractivity (Wildman–Crippen MR) is 64.3 cm³/mol. The van der Waals surface area contributed by atoms with E-state index in [9.17, 15) is 9.90 Å². The number of rotatable bonds is 1. The molecule has 1 saturated carbocycles. The van der Waals surface area contributed by atoms with Crippen LogP contribution >= 0.6 is 0 Å². The third-order valence-electron chi connectivity index (χ3n) is 4.37. The van der Waals surface area contributed by atoms with Gasteiger partial charge in [0.15, 0.2) is 0 Å². The fraction of sp³-hybridized carbons (Fsp3) is 0.267. The molecule has 0 heterocycles. The third-order valence-corrected chi connectivity index (χ3v) is 4.37. The van der Waals surface area contributed by atoms with Crippen molar-refractivity contribution in [2.75, 3.05) is 0 Å². The standard InChI is InChI=1S/C15H12O2/c16-14(17)15-7-10-3-1-2-9(10)6-13(15)12-5-4-11(12)8-15/h1-3,6-8,12H,4-5H2,(H,16,17). The average molecular weight is 224 g/mol. The maximum absolute atomic E-state index is 11.7. The van der Waals surface area contributed by atoms with Crippen molar-refractivity contribution in [1.82, 2.24) is 0 Å². The van der Waals surface area contributed by atoms with Crippen molar-refractivity contribution < 1.29 is 9.90 Å². The number of carbonyl (C=O) groups is 1. The molecule has 2 unspecified atom stereocenters. The second kappa shape index (κ2) is 2.70. The predicted octanol–water partition coefficient (Wildman–Crippen LogP) is 2.77. The van der Waals surface area contributed by atoms with E-state index in [2.05, 4.69) is 12.2 Å². The Hall–Kier alpha value is -1.83. The van der Waals surface area contributed by atoms with Gasteiger partial charge in [-0.15, -0.1) is 0 Å². The van der Waals surface area contributed by atoms with Gasteiger partial charge in [0, 0.05) is 5.92 Å². The quantitative estimate of drug-likeness (QED) is 0.695. The van der Waals surface area contributed by atoms with Gasteiger partial charge in [-0.3, -0.25) is 4.79 Å². The highest BCUT2D eigenvalue weighted by molar-refractivity contribution is 5.89.